The maximum atomic E-state index is 11.2. The largest absolute Gasteiger partial charge is 0.348 e. The predicted octanol–water partition coefficient (Wildman–Crippen LogP) is -0.590. The Kier molecular flexibility index (Phi) is 1.84. The molecular weight excluding hydrogens is 170 g/mol. The molecule has 0 aromatic carbocycles. The maximum Gasteiger partial charge on any atom is 0.228 e. The first kappa shape index (κ1) is 7.97. The Hall–Kier alpha value is -1.65. The van der Waals surface area contributed by atoms with Gasteiger partial charge in [0.2, 0.25) is 5.91 Å². The molecule has 0 unspecified atom stereocenters. The molecular formula is C8H9N3O2. The lowest BCUT2D eigenvalue weighted by Crippen LogP contribution is -2.31. The van der Waals surface area contributed by atoms with E-state index in [0.717, 1.165) is 5.69 Å². The second-order valence-electron chi connectivity index (χ2n) is 3.04. The predicted molar refractivity (Wildman–Crippen MR) is 43.8 cm³/mol. The molecule has 0 spiro atoms. The van der Waals surface area contributed by atoms with Crippen LogP contribution in [-0.2, 0) is 16.0 Å². The minimum atomic E-state index is -0.368. The molecule has 5 heteroatoms. The van der Waals surface area contributed by atoms with E-state index in [0.29, 0.717) is 6.42 Å². The highest BCUT2D eigenvalue weighted by atomic mass is 16.2. The number of rotatable bonds is 2. The van der Waals surface area contributed by atoms with E-state index < -0.39 is 0 Å². The van der Waals surface area contributed by atoms with Gasteiger partial charge in [0.25, 0.3) is 0 Å². The van der Waals surface area contributed by atoms with Crippen molar-refractivity contribution in [2.75, 3.05) is 0 Å². The average molecular weight is 179 g/mol. The van der Waals surface area contributed by atoms with Crippen molar-refractivity contribution in [3.63, 3.8) is 0 Å². The number of ketones is 1. The summed E-state index contributed by atoms with van der Waals surface area (Å²) >= 11 is 0. The molecule has 1 amide bonds. The Morgan fingerprint density at radius 3 is 2.92 bits per heavy atom. The molecule has 68 valence electrons. The number of H-pyrrole nitrogens is 1. The summed E-state index contributed by atoms with van der Waals surface area (Å²) < 4.78 is 0. The summed E-state index contributed by atoms with van der Waals surface area (Å²) in [5.74, 6) is -0.228. The fourth-order valence-electron chi connectivity index (χ4n) is 1.39. The lowest BCUT2D eigenvalue weighted by atomic mass is 10.1. The molecule has 2 N–H and O–H groups in total. The number of aromatic amines is 1. The van der Waals surface area contributed by atoms with E-state index in [9.17, 15) is 9.59 Å². The zero-order chi connectivity index (χ0) is 9.26. The van der Waals surface area contributed by atoms with Gasteiger partial charge < -0.3 is 10.3 Å². The third-order valence-electron chi connectivity index (χ3n) is 2.04. The molecule has 1 fully saturated rings. The number of Topliss-reactive ketones (excluding diaryl/α,β-unsaturated/α-hetero) is 1. The van der Waals surface area contributed by atoms with Gasteiger partial charge in [-0.05, 0) is 0 Å². The van der Waals surface area contributed by atoms with Crippen LogP contribution in [0.3, 0.4) is 0 Å². The summed E-state index contributed by atoms with van der Waals surface area (Å²) in [7, 11) is 0. The maximum absolute atomic E-state index is 11.2. The van der Waals surface area contributed by atoms with Crippen LogP contribution in [0.1, 0.15) is 12.1 Å². The number of imidazole rings is 1. The van der Waals surface area contributed by atoms with E-state index in [1.165, 1.54) is 0 Å². The Morgan fingerprint density at radius 1 is 1.54 bits per heavy atom. The van der Waals surface area contributed by atoms with Gasteiger partial charge in [0.1, 0.15) is 0 Å². The summed E-state index contributed by atoms with van der Waals surface area (Å²) in [6.45, 7) is 0. The molecule has 0 saturated carbocycles. The zero-order valence-corrected chi connectivity index (χ0v) is 6.91. The Labute approximate surface area is 74.6 Å². The Morgan fingerprint density at radius 2 is 2.38 bits per heavy atom. The highest BCUT2D eigenvalue weighted by Gasteiger charge is 2.29. The molecule has 1 aliphatic heterocycles. The van der Waals surface area contributed by atoms with Crippen molar-refractivity contribution in [2.45, 2.75) is 18.9 Å². The molecule has 13 heavy (non-hydrogen) atoms. The van der Waals surface area contributed by atoms with Crippen LogP contribution in [0.5, 0.6) is 0 Å². The molecule has 2 heterocycles. The molecule has 1 saturated heterocycles. The number of hydrogen-bond donors (Lipinski definition) is 2. The number of carbonyl (C=O) groups is 2. The van der Waals surface area contributed by atoms with Crippen molar-refractivity contribution in [2.24, 2.45) is 0 Å². The number of hydrogen-bond acceptors (Lipinski definition) is 3. The molecule has 1 atom stereocenters. The van der Waals surface area contributed by atoms with Crippen LogP contribution in [0.2, 0.25) is 0 Å². The monoisotopic (exact) mass is 179 g/mol. The van der Waals surface area contributed by atoms with E-state index >= 15 is 0 Å². The molecule has 5 nitrogen and oxygen atoms in total. The highest BCUT2D eigenvalue weighted by molar-refractivity contribution is 6.07. The van der Waals surface area contributed by atoms with Crippen LogP contribution in [0.25, 0.3) is 0 Å². The smallest absolute Gasteiger partial charge is 0.228 e. The second-order valence-corrected chi connectivity index (χ2v) is 3.04. The summed E-state index contributed by atoms with van der Waals surface area (Å²) in [6.07, 6.45) is 3.72. The summed E-state index contributed by atoms with van der Waals surface area (Å²) in [5, 5.41) is 2.61. The topological polar surface area (TPSA) is 74.8 Å². The van der Waals surface area contributed by atoms with Crippen molar-refractivity contribution in [1.29, 1.82) is 0 Å². The number of nitrogens with one attached hydrogen (secondary N) is 2. The van der Waals surface area contributed by atoms with Crippen LogP contribution in [-0.4, -0.2) is 27.7 Å². The molecule has 0 aliphatic carbocycles. The van der Waals surface area contributed by atoms with E-state index in [2.05, 4.69) is 15.3 Å². The summed E-state index contributed by atoms with van der Waals surface area (Å²) in [6, 6.07) is -0.368. The van der Waals surface area contributed by atoms with Crippen LogP contribution in [0.4, 0.5) is 0 Å². The molecule has 1 aliphatic rings. The van der Waals surface area contributed by atoms with E-state index in [-0.39, 0.29) is 24.2 Å². The number of carbonyl (C=O) groups excluding carboxylic acids is 2. The van der Waals surface area contributed by atoms with Crippen molar-refractivity contribution in [1.82, 2.24) is 15.3 Å². The quantitative estimate of drug-likeness (QED) is 0.596. The minimum absolute atomic E-state index is 0.0127. The summed E-state index contributed by atoms with van der Waals surface area (Å²) in [4.78, 5) is 28.7. The normalized spacial score (nSPS) is 22.0. The number of nitrogens with zero attached hydrogens (tertiary/aromatic N) is 1. The second kappa shape index (κ2) is 3.01. The number of amides is 1. The molecule has 0 radical (unpaired) electrons. The zero-order valence-electron chi connectivity index (χ0n) is 6.91. The van der Waals surface area contributed by atoms with Crippen LogP contribution in [0.15, 0.2) is 12.5 Å². The first-order chi connectivity index (χ1) is 6.25. The molecule has 1 aromatic heterocycles. The minimum Gasteiger partial charge on any atom is -0.348 e. The average Bonchev–Trinajstić information content (AvgIpc) is 2.63. The highest BCUT2D eigenvalue weighted by Crippen LogP contribution is 2.07. The van der Waals surface area contributed by atoms with Crippen molar-refractivity contribution in [3.8, 4) is 0 Å². The standard InChI is InChI=1S/C8H9N3O2/c12-7-2-8(13)11-6(7)1-5-3-9-4-10-5/h3-4,6H,1-2H2,(H,9,10)(H,11,13)/t6-/m1/s1. The first-order valence-corrected chi connectivity index (χ1v) is 4.05. The van der Waals surface area contributed by atoms with E-state index in [1.54, 1.807) is 12.5 Å². The van der Waals surface area contributed by atoms with Gasteiger partial charge in [-0.15, -0.1) is 0 Å². The van der Waals surface area contributed by atoms with Gasteiger partial charge in [-0.1, -0.05) is 0 Å². The summed E-state index contributed by atoms with van der Waals surface area (Å²) in [5.41, 5.74) is 0.862. The first-order valence-electron chi connectivity index (χ1n) is 4.05. The van der Waals surface area contributed by atoms with Gasteiger partial charge in [-0.3, -0.25) is 9.59 Å². The fourth-order valence-corrected chi connectivity index (χ4v) is 1.39. The van der Waals surface area contributed by atoms with Gasteiger partial charge in [0.05, 0.1) is 18.8 Å². The van der Waals surface area contributed by atoms with Crippen LogP contribution in [0, 0.1) is 0 Å². The molecule has 2 rings (SSSR count). The number of aromatic nitrogens is 2. The Bertz CT molecular complexity index is 331. The van der Waals surface area contributed by atoms with Gasteiger partial charge in [0, 0.05) is 18.3 Å². The lowest BCUT2D eigenvalue weighted by molar-refractivity contribution is -0.122. The third-order valence-corrected chi connectivity index (χ3v) is 2.04. The van der Waals surface area contributed by atoms with Gasteiger partial charge >= 0.3 is 0 Å². The van der Waals surface area contributed by atoms with Gasteiger partial charge in [-0.2, -0.15) is 0 Å². The van der Waals surface area contributed by atoms with Crippen molar-refractivity contribution >= 4 is 11.7 Å². The van der Waals surface area contributed by atoms with Gasteiger partial charge in [0.15, 0.2) is 5.78 Å². The fraction of sp³-hybridized carbons (Fsp3) is 0.375. The van der Waals surface area contributed by atoms with Gasteiger partial charge in [-0.25, -0.2) is 4.98 Å². The van der Waals surface area contributed by atoms with E-state index in [1.807, 2.05) is 0 Å². The molecule has 0 bridgehead atoms. The third kappa shape index (κ3) is 1.58. The van der Waals surface area contributed by atoms with Crippen molar-refractivity contribution in [3.05, 3.63) is 18.2 Å². The van der Waals surface area contributed by atoms with Crippen molar-refractivity contribution < 1.29 is 9.59 Å². The molecule has 1 aromatic rings. The van der Waals surface area contributed by atoms with Crippen LogP contribution >= 0.6 is 0 Å². The van der Waals surface area contributed by atoms with E-state index in [4.69, 9.17) is 0 Å². The lowest BCUT2D eigenvalue weighted by Gasteiger charge is -2.05. The SMILES string of the molecule is O=C1CC(=O)[C@@H](Cc2cnc[nH]2)N1. The Balaban J connectivity index is 2.03. The van der Waals surface area contributed by atoms with Crippen LogP contribution < -0.4 is 5.32 Å².